The number of hydrogen-bond donors (Lipinski definition) is 0. The van der Waals surface area contributed by atoms with Crippen LogP contribution in [0.5, 0.6) is 0 Å². The number of pyridine rings is 1. The molecule has 0 saturated heterocycles. The molecule has 1 fully saturated rings. The Bertz CT molecular complexity index is 1430. The Balaban J connectivity index is 1.69. The number of hydrogen-bond acceptors (Lipinski definition) is 2. The van der Waals surface area contributed by atoms with Crippen molar-refractivity contribution < 1.29 is 8.81 Å². The minimum atomic E-state index is -0.232. The minimum absolute atomic E-state index is 0.232. The van der Waals surface area contributed by atoms with Crippen molar-refractivity contribution in [1.29, 1.82) is 0 Å². The molecule has 0 unspecified atom stereocenters. The van der Waals surface area contributed by atoms with E-state index in [1.54, 1.807) is 0 Å². The van der Waals surface area contributed by atoms with E-state index >= 15 is 4.39 Å². The number of fused-ring (bicyclic) bond motifs is 4. The highest BCUT2D eigenvalue weighted by molar-refractivity contribution is 6.12. The van der Waals surface area contributed by atoms with Gasteiger partial charge in [-0.15, -0.1) is 0 Å². The summed E-state index contributed by atoms with van der Waals surface area (Å²) in [5.74, 6) is 0.201. The Kier molecular flexibility index (Phi) is 3.92. The van der Waals surface area contributed by atoms with Gasteiger partial charge in [-0.2, -0.15) is 0 Å². The van der Waals surface area contributed by atoms with E-state index < -0.39 is 0 Å². The Morgan fingerprint density at radius 1 is 0.933 bits per heavy atom. The average molecular weight is 395 g/mol. The van der Waals surface area contributed by atoms with Gasteiger partial charge >= 0.3 is 0 Å². The predicted molar refractivity (Wildman–Crippen MR) is 120 cm³/mol. The maximum Gasteiger partial charge on any atom is 0.149 e. The molecule has 1 aliphatic rings. The molecule has 1 saturated carbocycles. The second-order valence-electron chi connectivity index (χ2n) is 8.49. The normalized spacial score (nSPS) is 15.0. The van der Waals surface area contributed by atoms with Crippen molar-refractivity contribution in [2.45, 2.75) is 38.5 Å². The van der Waals surface area contributed by atoms with Gasteiger partial charge in [0.1, 0.15) is 17.0 Å². The topological polar surface area (TPSA) is 26.0 Å². The fraction of sp³-hybridized carbons (Fsp3) is 0.222. The third-order valence-electron chi connectivity index (χ3n) is 6.57. The summed E-state index contributed by atoms with van der Waals surface area (Å²) in [6.45, 7) is 2.08. The fourth-order valence-electron chi connectivity index (χ4n) is 5.23. The minimum Gasteiger partial charge on any atom is -0.455 e. The molecule has 6 rings (SSSR count). The van der Waals surface area contributed by atoms with Crippen molar-refractivity contribution in [3.63, 3.8) is 0 Å². The number of para-hydroxylation sites is 1. The Labute approximate surface area is 174 Å². The maximum absolute atomic E-state index is 15.1. The molecular formula is C27H22FNO. The average Bonchev–Trinajstić information content (AvgIpc) is 3.42. The van der Waals surface area contributed by atoms with Crippen LogP contribution >= 0.6 is 0 Å². The second kappa shape index (κ2) is 6.66. The number of aromatic nitrogens is 1. The van der Waals surface area contributed by atoms with Crippen molar-refractivity contribution in [1.82, 2.24) is 4.98 Å². The van der Waals surface area contributed by atoms with Crippen LogP contribution in [0.4, 0.5) is 4.39 Å². The van der Waals surface area contributed by atoms with Crippen LogP contribution in [0, 0.1) is 12.7 Å². The largest absolute Gasteiger partial charge is 0.455 e. The first-order valence-corrected chi connectivity index (χ1v) is 10.7. The molecule has 30 heavy (non-hydrogen) atoms. The summed E-state index contributed by atoms with van der Waals surface area (Å²) < 4.78 is 21.3. The molecule has 1 aliphatic carbocycles. The maximum atomic E-state index is 15.1. The fourth-order valence-corrected chi connectivity index (χ4v) is 5.23. The van der Waals surface area contributed by atoms with Gasteiger partial charge < -0.3 is 4.42 Å². The van der Waals surface area contributed by atoms with Crippen molar-refractivity contribution in [2.24, 2.45) is 0 Å². The van der Waals surface area contributed by atoms with E-state index in [-0.39, 0.29) is 5.82 Å². The van der Waals surface area contributed by atoms with Crippen molar-refractivity contribution in [2.75, 3.05) is 0 Å². The van der Waals surface area contributed by atoms with E-state index in [1.165, 1.54) is 19.0 Å². The van der Waals surface area contributed by atoms with Crippen LogP contribution in [0.3, 0.4) is 0 Å². The van der Waals surface area contributed by atoms with Gasteiger partial charge in [0, 0.05) is 27.1 Å². The van der Waals surface area contributed by atoms with E-state index in [0.717, 1.165) is 67.9 Å². The van der Waals surface area contributed by atoms with Crippen LogP contribution in [0.1, 0.15) is 42.7 Å². The molecule has 0 atom stereocenters. The lowest BCUT2D eigenvalue weighted by atomic mass is 9.90. The zero-order chi connectivity index (χ0) is 20.2. The van der Waals surface area contributed by atoms with Gasteiger partial charge in [0.15, 0.2) is 0 Å². The Morgan fingerprint density at radius 2 is 1.73 bits per heavy atom. The third kappa shape index (κ3) is 2.58. The van der Waals surface area contributed by atoms with Crippen LogP contribution in [0.15, 0.2) is 65.2 Å². The van der Waals surface area contributed by atoms with Crippen molar-refractivity contribution in [3.05, 3.63) is 77.7 Å². The highest BCUT2D eigenvalue weighted by atomic mass is 19.1. The van der Waals surface area contributed by atoms with Crippen molar-refractivity contribution in [3.8, 4) is 11.3 Å². The molecule has 0 spiro atoms. The molecule has 3 aromatic carbocycles. The van der Waals surface area contributed by atoms with Crippen LogP contribution < -0.4 is 0 Å². The van der Waals surface area contributed by atoms with Gasteiger partial charge in [0.25, 0.3) is 0 Å². The summed E-state index contributed by atoms with van der Waals surface area (Å²) >= 11 is 0. The Morgan fingerprint density at radius 3 is 2.60 bits per heavy atom. The summed E-state index contributed by atoms with van der Waals surface area (Å²) in [6.07, 6.45) is 6.09. The first-order valence-electron chi connectivity index (χ1n) is 10.7. The van der Waals surface area contributed by atoms with E-state index in [0.29, 0.717) is 5.92 Å². The number of furan rings is 1. The molecule has 3 heteroatoms. The van der Waals surface area contributed by atoms with E-state index in [1.807, 2.05) is 30.3 Å². The van der Waals surface area contributed by atoms with Crippen LogP contribution in [-0.2, 0) is 0 Å². The van der Waals surface area contributed by atoms with Gasteiger partial charge in [0.2, 0.25) is 0 Å². The highest BCUT2D eigenvalue weighted by Crippen LogP contribution is 2.42. The lowest BCUT2D eigenvalue weighted by molar-refractivity contribution is 0.629. The van der Waals surface area contributed by atoms with Gasteiger partial charge in [-0.05, 0) is 55.0 Å². The smallest absolute Gasteiger partial charge is 0.149 e. The molecule has 0 bridgehead atoms. The number of nitrogens with zero attached hydrogens (tertiary/aromatic N) is 1. The summed E-state index contributed by atoms with van der Waals surface area (Å²) in [5.41, 5.74) is 5.65. The predicted octanol–water partition coefficient (Wildman–Crippen LogP) is 7.91. The molecule has 2 nitrogen and oxygen atoms in total. The lowest BCUT2D eigenvalue weighted by Crippen LogP contribution is -1.98. The molecule has 2 aromatic heterocycles. The van der Waals surface area contributed by atoms with E-state index in [2.05, 4.69) is 36.2 Å². The molecule has 0 N–H and O–H groups in total. The van der Waals surface area contributed by atoms with Gasteiger partial charge in [-0.1, -0.05) is 49.2 Å². The number of rotatable bonds is 2. The molecular weight excluding hydrogens is 373 g/mol. The number of benzene rings is 3. The van der Waals surface area contributed by atoms with Crippen molar-refractivity contribution >= 4 is 32.7 Å². The molecule has 0 amide bonds. The van der Waals surface area contributed by atoms with Gasteiger partial charge in [0.05, 0.1) is 11.9 Å². The van der Waals surface area contributed by atoms with E-state index in [9.17, 15) is 0 Å². The van der Waals surface area contributed by atoms with Gasteiger partial charge in [-0.3, -0.25) is 4.98 Å². The van der Waals surface area contributed by atoms with Crippen LogP contribution in [0.2, 0.25) is 0 Å². The molecule has 0 aliphatic heterocycles. The lowest BCUT2D eigenvalue weighted by Gasteiger charge is -2.16. The summed E-state index contributed by atoms with van der Waals surface area (Å²) in [6, 6.07) is 18.5. The molecule has 2 heterocycles. The molecule has 148 valence electrons. The monoisotopic (exact) mass is 395 g/mol. The van der Waals surface area contributed by atoms with E-state index in [4.69, 9.17) is 4.42 Å². The summed E-state index contributed by atoms with van der Waals surface area (Å²) in [4.78, 5) is 4.57. The summed E-state index contributed by atoms with van der Waals surface area (Å²) in [7, 11) is 0. The molecule has 0 radical (unpaired) electrons. The highest BCUT2D eigenvalue weighted by Gasteiger charge is 2.23. The third-order valence-corrected chi connectivity index (χ3v) is 6.57. The quantitative estimate of drug-likeness (QED) is 0.303. The summed E-state index contributed by atoms with van der Waals surface area (Å²) in [5, 5.41) is 3.76. The van der Waals surface area contributed by atoms with Crippen LogP contribution in [0.25, 0.3) is 44.0 Å². The zero-order valence-corrected chi connectivity index (χ0v) is 16.9. The first-order chi connectivity index (χ1) is 14.7. The zero-order valence-electron chi connectivity index (χ0n) is 16.9. The molecule has 5 aromatic rings. The number of aryl methyl sites for hydroxylation is 1. The SMILES string of the molecule is Cc1cc(-c2ncc(F)c3c(C4CCCC4)cccc23)c2oc3ccccc3c2c1. The standard InChI is InChI=1S/C27H22FNO/c1-16-13-21-19-9-4-5-12-24(19)30-27(21)22(14-16)26-20-11-6-10-18(17-7-2-3-8-17)25(20)23(28)15-29-26/h4-6,9-15,17H,2-3,7-8H2,1H3. The van der Waals surface area contributed by atoms with Gasteiger partial charge in [-0.25, -0.2) is 4.39 Å². The first kappa shape index (κ1) is 17.6. The Hall–Kier alpha value is -3.20. The van der Waals surface area contributed by atoms with Crippen LogP contribution in [-0.4, -0.2) is 4.98 Å². The number of halogens is 1. The second-order valence-corrected chi connectivity index (χ2v) is 8.49.